The second-order valence-corrected chi connectivity index (χ2v) is 4.10. The number of ether oxygens (including phenoxy) is 1. The zero-order chi connectivity index (χ0) is 8.72. The average Bonchev–Trinajstić information content (AvgIpc) is 2.39. The summed E-state index contributed by atoms with van der Waals surface area (Å²) >= 11 is 0. The molecule has 0 N–H and O–H groups in total. The standard InChI is InChI=1S/C10H17NO/c1-7-4-10-6-12-9(3)8(2)11(10)5-7/h7,10H,4-6H2,1-3H3. The molecular formula is C10H17NO. The maximum atomic E-state index is 5.59. The fourth-order valence-electron chi connectivity index (χ4n) is 2.25. The highest BCUT2D eigenvalue weighted by molar-refractivity contribution is 5.10. The van der Waals surface area contributed by atoms with Crippen molar-refractivity contribution in [1.82, 2.24) is 4.90 Å². The predicted molar refractivity (Wildman–Crippen MR) is 48.6 cm³/mol. The Kier molecular flexibility index (Phi) is 1.78. The minimum absolute atomic E-state index is 0.656. The van der Waals surface area contributed by atoms with Gasteiger partial charge in [-0.2, -0.15) is 0 Å². The van der Waals surface area contributed by atoms with E-state index in [0.29, 0.717) is 6.04 Å². The van der Waals surface area contributed by atoms with Crippen molar-refractivity contribution in [3.63, 3.8) is 0 Å². The van der Waals surface area contributed by atoms with Gasteiger partial charge in [0, 0.05) is 12.2 Å². The molecule has 2 aliphatic rings. The Balaban J connectivity index is 2.21. The Labute approximate surface area is 74.2 Å². The lowest BCUT2D eigenvalue weighted by Crippen LogP contribution is -2.36. The van der Waals surface area contributed by atoms with Crippen LogP contribution < -0.4 is 0 Å². The molecule has 1 saturated heterocycles. The molecule has 0 aromatic heterocycles. The van der Waals surface area contributed by atoms with Crippen LogP contribution in [0.5, 0.6) is 0 Å². The first-order valence-corrected chi connectivity index (χ1v) is 4.75. The van der Waals surface area contributed by atoms with Gasteiger partial charge in [0.2, 0.25) is 0 Å². The molecule has 0 aromatic rings. The normalized spacial score (nSPS) is 35.1. The minimum atomic E-state index is 0.656. The van der Waals surface area contributed by atoms with Gasteiger partial charge in [-0.1, -0.05) is 6.92 Å². The Morgan fingerprint density at radius 1 is 1.42 bits per heavy atom. The summed E-state index contributed by atoms with van der Waals surface area (Å²) in [6.07, 6.45) is 1.30. The van der Waals surface area contributed by atoms with Crippen LogP contribution >= 0.6 is 0 Å². The molecule has 2 nitrogen and oxygen atoms in total. The largest absolute Gasteiger partial charge is 0.494 e. The highest BCUT2D eigenvalue weighted by Crippen LogP contribution is 2.31. The molecule has 0 aromatic carbocycles. The second kappa shape index (κ2) is 2.68. The molecule has 0 spiro atoms. The third-order valence-electron chi connectivity index (χ3n) is 3.06. The topological polar surface area (TPSA) is 12.5 Å². The van der Waals surface area contributed by atoms with Gasteiger partial charge in [-0.05, 0) is 26.2 Å². The Morgan fingerprint density at radius 2 is 2.17 bits per heavy atom. The van der Waals surface area contributed by atoms with Gasteiger partial charge >= 0.3 is 0 Å². The van der Waals surface area contributed by atoms with Gasteiger partial charge in [0.1, 0.15) is 12.4 Å². The first kappa shape index (κ1) is 7.96. The number of rotatable bonds is 0. The van der Waals surface area contributed by atoms with E-state index in [4.69, 9.17) is 4.74 Å². The van der Waals surface area contributed by atoms with E-state index in [0.717, 1.165) is 18.3 Å². The van der Waals surface area contributed by atoms with E-state index in [9.17, 15) is 0 Å². The van der Waals surface area contributed by atoms with Gasteiger partial charge < -0.3 is 9.64 Å². The summed E-state index contributed by atoms with van der Waals surface area (Å²) in [5, 5.41) is 0. The zero-order valence-corrected chi connectivity index (χ0v) is 8.13. The van der Waals surface area contributed by atoms with E-state index in [1.54, 1.807) is 0 Å². The number of hydrogen-bond donors (Lipinski definition) is 0. The summed E-state index contributed by atoms with van der Waals surface area (Å²) in [6, 6.07) is 0.656. The van der Waals surface area contributed by atoms with Crippen LogP contribution in [0.1, 0.15) is 27.2 Å². The first-order valence-electron chi connectivity index (χ1n) is 4.75. The second-order valence-electron chi connectivity index (χ2n) is 4.10. The predicted octanol–water partition coefficient (Wildman–Crippen LogP) is 1.98. The van der Waals surface area contributed by atoms with Crippen molar-refractivity contribution in [2.45, 2.75) is 33.2 Å². The zero-order valence-electron chi connectivity index (χ0n) is 8.13. The molecule has 0 aliphatic carbocycles. The molecule has 2 heteroatoms. The van der Waals surface area contributed by atoms with Crippen molar-refractivity contribution < 1.29 is 4.74 Å². The van der Waals surface area contributed by atoms with Crippen molar-refractivity contribution in [2.75, 3.05) is 13.2 Å². The Bertz CT molecular complexity index is 222. The summed E-state index contributed by atoms with van der Waals surface area (Å²) in [5.74, 6) is 1.94. The SMILES string of the molecule is CC1=C(C)N2CC(C)CC2CO1. The summed E-state index contributed by atoms with van der Waals surface area (Å²) in [6.45, 7) is 8.67. The first-order chi connectivity index (χ1) is 5.68. The number of fused-ring (bicyclic) bond motifs is 1. The molecule has 1 fully saturated rings. The van der Waals surface area contributed by atoms with Crippen LogP contribution in [-0.4, -0.2) is 24.1 Å². The molecule has 0 bridgehead atoms. The maximum absolute atomic E-state index is 5.59. The molecule has 0 amide bonds. The van der Waals surface area contributed by atoms with Gasteiger partial charge in [0.15, 0.2) is 0 Å². The van der Waals surface area contributed by atoms with Crippen molar-refractivity contribution in [2.24, 2.45) is 5.92 Å². The average molecular weight is 167 g/mol. The monoisotopic (exact) mass is 167 g/mol. The van der Waals surface area contributed by atoms with Crippen LogP contribution in [0, 0.1) is 5.92 Å². The van der Waals surface area contributed by atoms with Crippen molar-refractivity contribution in [3.8, 4) is 0 Å². The number of allylic oxidation sites excluding steroid dienone is 2. The van der Waals surface area contributed by atoms with Gasteiger partial charge in [-0.25, -0.2) is 0 Å². The minimum Gasteiger partial charge on any atom is -0.494 e. The van der Waals surface area contributed by atoms with Crippen molar-refractivity contribution >= 4 is 0 Å². The van der Waals surface area contributed by atoms with Gasteiger partial charge in [-0.3, -0.25) is 0 Å². The van der Waals surface area contributed by atoms with Crippen LogP contribution in [-0.2, 0) is 4.74 Å². The van der Waals surface area contributed by atoms with Crippen LogP contribution in [0.15, 0.2) is 11.5 Å². The lowest BCUT2D eigenvalue weighted by molar-refractivity contribution is 0.100. The van der Waals surface area contributed by atoms with Gasteiger partial charge in [-0.15, -0.1) is 0 Å². The molecule has 68 valence electrons. The van der Waals surface area contributed by atoms with Gasteiger partial charge in [0.05, 0.1) is 6.04 Å². The molecule has 0 saturated carbocycles. The third-order valence-corrected chi connectivity index (χ3v) is 3.06. The number of nitrogens with zero attached hydrogens (tertiary/aromatic N) is 1. The quantitative estimate of drug-likeness (QED) is 0.547. The molecule has 0 radical (unpaired) electrons. The van der Waals surface area contributed by atoms with Crippen molar-refractivity contribution in [3.05, 3.63) is 11.5 Å². The molecule has 2 heterocycles. The summed E-state index contributed by atoms with van der Waals surface area (Å²) < 4.78 is 5.59. The Morgan fingerprint density at radius 3 is 2.92 bits per heavy atom. The summed E-state index contributed by atoms with van der Waals surface area (Å²) in [5.41, 5.74) is 1.34. The Hall–Kier alpha value is -0.660. The molecule has 12 heavy (non-hydrogen) atoms. The van der Waals surface area contributed by atoms with E-state index in [1.165, 1.54) is 18.7 Å². The van der Waals surface area contributed by atoms with E-state index >= 15 is 0 Å². The van der Waals surface area contributed by atoms with Crippen molar-refractivity contribution in [1.29, 1.82) is 0 Å². The lowest BCUT2D eigenvalue weighted by Gasteiger charge is -2.33. The van der Waals surface area contributed by atoms with E-state index in [1.807, 2.05) is 0 Å². The van der Waals surface area contributed by atoms with Crippen LogP contribution in [0.25, 0.3) is 0 Å². The molecular weight excluding hydrogens is 150 g/mol. The summed E-state index contributed by atoms with van der Waals surface area (Å²) in [4.78, 5) is 2.50. The van der Waals surface area contributed by atoms with Gasteiger partial charge in [0.25, 0.3) is 0 Å². The van der Waals surface area contributed by atoms with E-state index < -0.39 is 0 Å². The molecule has 2 aliphatic heterocycles. The summed E-state index contributed by atoms with van der Waals surface area (Å²) in [7, 11) is 0. The van der Waals surface area contributed by atoms with Crippen LogP contribution in [0.2, 0.25) is 0 Å². The maximum Gasteiger partial charge on any atom is 0.112 e. The van der Waals surface area contributed by atoms with E-state index in [-0.39, 0.29) is 0 Å². The third kappa shape index (κ3) is 1.10. The molecule has 2 atom stereocenters. The highest BCUT2D eigenvalue weighted by atomic mass is 16.5. The smallest absolute Gasteiger partial charge is 0.112 e. The molecule has 2 rings (SSSR count). The number of hydrogen-bond acceptors (Lipinski definition) is 2. The fraction of sp³-hybridized carbons (Fsp3) is 0.800. The van der Waals surface area contributed by atoms with Crippen LogP contribution in [0.3, 0.4) is 0 Å². The lowest BCUT2D eigenvalue weighted by atomic mass is 10.1. The fourth-order valence-corrected chi connectivity index (χ4v) is 2.25. The highest BCUT2D eigenvalue weighted by Gasteiger charge is 2.33. The van der Waals surface area contributed by atoms with Crippen LogP contribution in [0.4, 0.5) is 0 Å². The van der Waals surface area contributed by atoms with E-state index in [2.05, 4.69) is 25.7 Å². The molecule has 2 unspecified atom stereocenters.